The summed E-state index contributed by atoms with van der Waals surface area (Å²) in [6.45, 7) is 7.13. The second-order valence-electron chi connectivity index (χ2n) is 9.30. The van der Waals surface area contributed by atoms with Crippen molar-refractivity contribution in [3.8, 4) is 17.3 Å². The van der Waals surface area contributed by atoms with Gasteiger partial charge in [-0.25, -0.2) is 14.8 Å². The zero-order chi connectivity index (χ0) is 22.2. The number of carbonyl (C=O) groups is 1. The molecule has 4 rings (SSSR count). The zero-order valence-corrected chi connectivity index (χ0v) is 18.7. The van der Waals surface area contributed by atoms with Gasteiger partial charge in [0.05, 0.1) is 28.5 Å². The van der Waals surface area contributed by atoms with Crippen molar-refractivity contribution in [2.75, 3.05) is 18.4 Å². The molecule has 1 saturated heterocycles. The molecule has 1 N–H and O–H groups in total. The van der Waals surface area contributed by atoms with Crippen molar-refractivity contribution in [2.24, 2.45) is 11.8 Å². The highest BCUT2D eigenvalue weighted by atomic mass is 35.5. The van der Waals surface area contributed by atoms with E-state index in [1.165, 1.54) is 0 Å². The highest BCUT2D eigenvalue weighted by molar-refractivity contribution is 6.32. The Labute approximate surface area is 187 Å². The van der Waals surface area contributed by atoms with Crippen LogP contribution in [0.5, 0.6) is 0 Å². The first-order valence-electron chi connectivity index (χ1n) is 10.5. The van der Waals surface area contributed by atoms with Gasteiger partial charge in [-0.15, -0.1) is 0 Å². The summed E-state index contributed by atoms with van der Waals surface area (Å²) in [6, 6.07) is 9.53. The molecule has 0 bridgehead atoms. The summed E-state index contributed by atoms with van der Waals surface area (Å²) in [5, 5.41) is 12.9. The molecule has 7 nitrogen and oxygen atoms in total. The van der Waals surface area contributed by atoms with Crippen LogP contribution in [0.1, 0.15) is 39.2 Å². The van der Waals surface area contributed by atoms with E-state index < -0.39 is 5.60 Å². The maximum atomic E-state index is 12.3. The van der Waals surface area contributed by atoms with Crippen molar-refractivity contribution in [2.45, 2.75) is 45.3 Å². The predicted octanol–water partition coefficient (Wildman–Crippen LogP) is 4.73. The monoisotopic (exact) mass is 439 g/mol. The number of aromatic nitrogens is 2. The molecule has 1 amide bonds. The Morgan fingerprint density at radius 2 is 1.87 bits per heavy atom. The SMILES string of the molecule is CC(C)(C)OC(=O)N1C[C@H]2CC(Nc3ncc(Cl)c(-c4ccc(C#N)cc4)n3)C[C@@H]2C1. The Bertz CT molecular complexity index is 998. The molecule has 2 aromatic rings. The first kappa shape index (κ1) is 21.4. The first-order valence-corrected chi connectivity index (χ1v) is 10.9. The molecule has 2 atom stereocenters. The van der Waals surface area contributed by atoms with Crippen molar-refractivity contribution in [1.29, 1.82) is 5.26 Å². The summed E-state index contributed by atoms with van der Waals surface area (Å²) >= 11 is 6.32. The lowest BCUT2D eigenvalue weighted by Gasteiger charge is -2.25. The van der Waals surface area contributed by atoms with Gasteiger partial charge in [0, 0.05) is 24.7 Å². The van der Waals surface area contributed by atoms with Crippen LogP contribution in [0.15, 0.2) is 30.5 Å². The van der Waals surface area contributed by atoms with Crippen LogP contribution in [0.3, 0.4) is 0 Å². The molecule has 8 heteroatoms. The van der Waals surface area contributed by atoms with Crippen LogP contribution in [0.25, 0.3) is 11.3 Å². The normalized spacial score (nSPS) is 20.9. The Kier molecular flexibility index (Phi) is 5.76. The molecule has 1 aromatic heterocycles. The lowest BCUT2D eigenvalue weighted by molar-refractivity contribution is 0.0280. The van der Waals surface area contributed by atoms with E-state index in [0.717, 1.165) is 31.5 Å². The number of carbonyl (C=O) groups excluding carboxylic acids is 1. The summed E-state index contributed by atoms with van der Waals surface area (Å²) in [5.41, 5.74) is 1.59. The van der Waals surface area contributed by atoms with Crippen LogP contribution in [0.4, 0.5) is 10.7 Å². The fourth-order valence-corrected chi connectivity index (χ4v) is 4.62. The number of hydrogen-bond donors (Lipinski definition) is 1. The third kappa shape index (κ3) is 4.91. The van der Waals surface area contributed by atoms with Crippen molar-refractivity contribution >= 4 is 23.6 Å². The van der Waals surface area contributed by atoms with Gasteiger partial charge in [-0.3, -0.25) is 0 Å². The third-order valence-corrected chi connectivity index (χ3v) is 6.04. The van der Waals surface area contributed by atoms with Crippen LogP contribution >= 0.6 is 11.6 Å². The summed E-state index contributed by atoms with van der Waals surface area (Å²) in [5.74, 6) is 1.45. The minimum Gasteiger partial charge on any atom is -0.444 e. The molecule has 2 heterocycles. The number of halogens is 1. The van der Waals surface area contributed by atoms with E-state index in [-0.39, 0.29) is 12.1 Å². The van der Waals surface area contributed by atoms with Gasteiger partial charge in [0.25, 0.3) is 0 Å². The molecule has 1 aromatic carbocycles. The molecule has 162 valence electrons. The summed E-state index contributed by atoms with van der Waals surface area (Å²) in [4.78, 5) is 23.1. The maximum Gasteiger partial charge on any atom is 0.410 e. The number of nitriles is 1. The summed E-state index contributed by atoms with van der Waals surface area (Å²) in [7, 11) is 0. The third-order valence-electron chi connectivity index (χ3n) is 5.77. The highest BCUT2D eigenvalue weighted by Crippen LogP contribution is 2.39. The number of anilines is 1. The van der Waals surface area contributed by atoms with E-state index in [1.54, 1.807) is 18.3 Å². The van der Waals surface area contributed by atoms with E-state index in [0.29, 0.717) is 34.1 Å². The molecule has 1 aliphatic heterocycles. The van der Waals surface area contributed by atoms with Gasteiger partial charge >= 0.3 is 6.09 Å². The molecule has 2 aliphatic rings. The summed E-state index contributed by atoms with van der Waals surface area (Å²) < 4.78 is 5.51. The van der Waals surface area contributed by atoms with Crippen LogP contribution in [-0.2, 0) is 4.74 Å². The number of nitrogens with zero attached hydrogens (tertiary/aromatic N) is 4. The molecule has 1 saturated carbocycles. The van der Waals surface area contributed by atoms with Crippen molar-refractivity contribution < 1.29 is 9.53 Å². The lowest BCUT2D eigenvalue weighted by atomic mass is 10.0. The average Bonchev–Trinajstić information content (AvgIpc) is 3.27. The predicted molar refractivity (Wildman–Crippen MR) is 119 cm³/mol. The van der Waals surface area contributed by atoms with Crippen LogP contribution in [0, 0.1) is 23.2 Å². The van der Waals surface area contributed by atoms with Gasteiger partial charge in [0.2, 0.25) is 5.95 Å². The molecule has 1 aliphatic carbocycles. The lowest BCUT2D eigenvalue weighted by Crippen LogP contribution is -2.36. The number of fused-ring (bicyclic) bond motifs is 1. The van der Waals surface area contributed by atoms with E-state index in [1.807, 2.05) is 37.8 Å². The van der Waals surface area contributed by atoms with Gasteiger partial charge in [-0.1, -0.05) is 23.7 Å². The quantitative estimate of drug-likeness (QED) is 0.743. The smallest absolute Gasteiger partial charge is 0.410 e. The molecule has 2 fully saturated rings. The summed E-state index contributed by atoms with van der Waals surface area (Å²) in [6.07, 6.45) is 3.30. The second kappa shape index (κ2) is 8.35. The van der Waals surface area contributed by atoms with Crippen molar-refractivity contribution in [3.63, 3.8) is 0 Å². The number of benzene rings is 1. The molecule has 0 radical (unpaired) electrons. The minimum atomic E-state index is -0.475. The van der Waals surface area contributed by atoms with Crippen molar-refractivity contribution in [1.82, 2.24) is 14.9 Å². The number of amides is 1. The van der Waals surface area contributed by atoms with Crippen LogP contribution in [-0.4, -0.2) is 45.7 Å². The highest BCUT2D eigenvalue weighted by Gasteiger charge is 2.43. The Morgan fingerprint density at radius 1 is 1.23 bits per heavy atom. The molecular formula is C23H26ClN5O2. The fraction of sp³-hybridized carbons (Fsp3) is 0.478. The molecule has 0 unspecified atom stereocenters. The number of nitrogens with one attached hydrogen (secondary N) is 1. The van der Waals surface area contributed by atoms with Gasteiger partial charge in [0.15, 0.2) is 0 Å². The van der Waals surface area contributed by atoms with E-state index in [9.17, 15) is 4.79 Å². The topological polar surface area (TPSA) is 91.1 Å². The molecule has 0 spiro atoms. The largest absolute Gasteiger partial charge is 0.444 e. The van der Waals surface area contributed by atoms with E-state index >= 15 is 0 Å². The minimum absolute atomic E-state index is 0.223. The molecular weight excluding hydrogens is 414 g/mol. The molecule has 31 heavy (non-hydrogen) atoms. The van der Waals surface area contributed by atoms with Gasteiger partial charge in [0.1, 0.15) is 5.60 Å². The second-order valence-corrected chi connectivity index (χ2v) is 9.70. The Morgan fingerprint density at radius 3 is 2.45 bits per heavy atom. The van der Waals surface area contributed by atoms with Gasteiger partial charge in [-0.2, -0.15) is 5.26 Å². The zero-order valence-electron chi connectivity index (χ0n) is 17.9. The average molecular weight is 440 g/mol. The van der Waals surface area contributed by atoms with Crippen molar-refractivity contribution in [3.05, 3.63) is 41.0 Å². The first-order chi connectivity index (χ1) is 14.7. The standard InChI is InChI=1S/C23H26ClN5O2/c1-23(2,3)31-22(30)29-12-16-8-18(9-17(16)13-29)27-21-26-11-19(24)20(28-21)15-6-4-14(10-25)5-7-15/h4-7,11,16-18H,8-9,12-13H2,1-3H3,(H,26,27,28)/t16-,17-/m1/s1. The van der Waals surface area contributed by atoms with Gasteiger partial charge < -0.3 is 15.0 Å². The Hall–Kier alpha value is -2.85. The number of hydrogen-bond acceptors (Lipinski definition) is 6. The Balaban J connectivity index is 1.38. The van der Waals surface area contributed by atoms with Crippen LogP contribution in [0.2, 0.25) is 5.02 Å². The van der Waals surface area contributed by atoms with E-state index in [2.05, 4.69) is 21.4 Å². The fourth-order valence-electron chi connectivity index (χ4n) is 4.42. The maximum absolute atomic E-state index is 12.3. The number of likely N-dealkylation sites (tertiary alicyclic amines) is 1. The van der Waals surface area contributed by atoms with Crippen LogP contribution < -0.4 is 5.32 Å². The van der Waals surface area contributed by atoms with Gasteiger partial charge in [-0.05, 0) is 57.6 Å². The number of ether oxygens (including phenoxy) is 1. The number of rotatable bonds is 3. The van der Waals surface area contributed by atoms with E-state index in [4.69, 9.17) is 21.6 Å².